The third-order valence-electron chi connectivity index (χ3n) is 5.51. The Bertz CT molecular complexity index is 1530. The van der Waals surface area contributed by atoms with Gasteiger partial charge in [-0.05, 0) is 60.0 Å². The molecule has 0 aliphatic heterocycles. The Morgan fingerprint density at radius 2 is 2.00 bits per heavy atom. The standard InChI is InChI=1S/C26H23FN6OS/c1-17(2)21-5-3-7-24-29-19(15-33(21)24)8-9-20-16-35-26(30-20)31-25(34)22-6-4-12-32(22)14-18-10-11-28-23(27)13-18/h3-13,15-17H,14H2,1-2H3,(H,30,31,34)/b9-8+. The van der Waals surface area contributed by atoms with E-state index in [1.165, 1.54) is 29.3 Å². The molecule has 5 aromatic heterocycles. The van der Waals surface area contributed by atoms with Crippen molar-refractivity contribution in [1.82, 2.24) is 23.9 Å². The van der Waals surface area contributed by atoms with Crippen molar-refractivity contribution in [3.05, 3.63) is 101 Å². The SMILES string of the molecule is CC(C)c1cccc2nc(/C=C/c3csc(NC(=O)c4cccn4Cc4ccnc(F)c4)n3)cn12. The zero-order valence-electron chi connectivity index (χ0n) is 19.2. The third kappa shape index (κ3) is 5.04. The second-order valence-electron chi connectivity index (χ2n) is 8.37. The summed E-state index contributed by atoms with van der Waals surface area (Å²) in [4.78, 5) is 25.6. The number of carbonyl (C=O) groups is 1. The van der Waals surface area contributed by atoms with Crippen LogP contribution in [0.25, 0.3) is 17.8 Å². The number of hydrogen-bond acceptors (Lipinski definition) is 5. The van der Waals surface area contributed by atoms with Crippen molar-refractivity contribution in [3.8, 4) is 0 Å². The van der Waals surface area contributed by atoms with E-state index in [1.807, 2.05) is 35.9 Å². The highest BCUT2D eigenvalue weighted by molar-refractivity contribution is 7.14. The lowest BCUT2D eigenvalue weighted by Gasteiger charge is -2.09. The molecule has 0 radical (unpaired) electrons. The quantitative estimate of drug-likeness (QED) is 0.299. The van der Waals surface area contributed by atoms with Gasteiger partial charge >= 0.3 is 0 Å². The largest absolute Gasteiger partial charge is 0.339 e. The first-order valence-corrected chi connectivity index (χ1v) is 12.0. The molecule has 5 aromatic rings. The van der Waals surface area contributed by atoms with E-state index < -0.39 is 5.95 Å². The first kappa shape index (κ1) is 22.7. The normalized spacial score (nSPS) is 11.7. The van der Waals surface area contributed by atoms with Gasteiger partial charge in [-0.25, -0.2) is 15.0 Å². The fourth-order valence-electron chi connectivity index (χ4n) is 3.85. The fourth-order valence-corrected chi connectivity index (χ4v) is 4.52. The van der Waals surface area contributed by atoms with Crippen molar-refractivity contribution in [2.45, 2.75) is 26.3 Å². The molecule has 0 saturated heterocycles. The highest BCUT2D eigenvalue weighted by atomic mass is 32.1. The van der Waals surface area contributed by atoms with Gasteiger partial charge in [-0.3, -0.25) is 10.1 Å². The summed E-state index contributed by atoms with van der Waals surface area (Å²) in [5.74, 6) is -0.439. The van der Waals surface area contributed by atoms with Crippen LogP contribution in [0.3, 0.4) is 0 Å². The summed E-state index contributed by atoms with van der Waals surface area (Å²) >= 11 is 1.35. The van der Waals surface area contributed by atoms with E-state index in [1.54, 1.807) is 29.0 Å². The zero-order chi connectivity index (χ0) is 24.4. The topological polar surface area (TPSA) is 77.1 Å². The van der Waals surface area contributed by atoms with Gasteiger partial charge in [-0.2, -0.15) is 4.39 Å². The van der Waals surface area contributed by atoms with E-state index in [9.17, 15) is 9.18 Å². The number of rotatable bonds is 7. The molecule has 0 aromatic carbocycles. The van der Waals surface area contributed by atoms with Crippen molar-refractivity contribution in [2.24, 2.45) is 0 Å². The van der Waals surface area contributed by atoms with Gasteiger partial charge in [-0.15, -0.1) is 11.3 Å². The second-order valence-corrected chi connectivity index (χ2v) is 9.23. The minimum absolute atomic E-state index is 0.282. The Morgan fingerprint density at radius 1 is 1.14 bits per heavy atom. The Labute approximate surface area is 205 Å². The van der Waals surface area contributed by atoms with Gasteiger partial charge < -0.3 is 8.97 Å². The third-order valence-corrected chi connectivity index (χ3v) is 6.28. The molecule has 5 rings (SSSR count). The lowest BCUT2D eigenvalue weighted by molar-refractivity contribution is 0.101. The Balaban J connectivity index is 1.27. The highest BCUT2D eigenvalue weighted by Gasteiger charge is 2.14. The molecular formula is C26H23FN6OS. The molecule has 35 heavy (non-hydrogen) atoms. The molecule has 0 aliphatic rings. The van der Waals surface area contributed by atoms with Crippen LogP contribution >= 0.6 is 11.3 Å². The summed E-state index contributed by atoms with van der Waals surface area (Å²) < 4.78 is 17.3. The second kappa shape index (κ2) is 9.63. The first-order chi connectivity index (χ1) is 17.0. The highest BCUT2D eigenvalue weighted by Crippen LogP contribution is 2.21. The Morgan fingerprint density at radius 3 is 2.83 bits per heavy atom. The van der Waals surface area contributed by atoms with Crippen molar-refractivity contribution >= 4 is 40.2 Å². The van der Waals surface area contributed by atoms with Crippen LogP contribution in [0.5, 0.6) is 0 Å². The predicted molar refractivity (Wildman–Crippen MR) is 136 cm³/mol. The van der Waals surface area contributed by atoms with Crippen LogP contribution < -0.4 is 5.32 Å². The number of imidazole rings is 1. The maximum Gasteiger partial charge on any atom is 0.274 e. The number of halogens is 1. The fraction of sp³-hybridized carbons (Fsp3) is 0.154. The van der Waals surface area contributed by atoms with Crippen LogP contribution in [-0.4, -0.2) is 29.8 Å². The van der Waals surface area contributed by atoms with Gasteiger partial charge in [0.1, 0.15) is 11.3 Å². The summed E-state index contributed by atoms with van der Waals surface area (Å²) in [5, 5.41) is 5.22. The zero-order valence-corrected chi connectivity index (χ0v) is 20.0. The number of pyridine rings is 2. The maximum absolute atomic E-state index is 13.4. The Kier molecular flexibility index (Phi) is 6.24. The summed E-state index contributed by atoms with van der Waals surface area (Å²) in [6.45, 7) is 4.68. The van der Waals surface area contributed by atoms with Crippen molar-refractivity contribution in [3.63, 3.8) is 0 Å². The molecule has 0 atom stereocenters. The van der Waals surface area contributed by atoms with E-state index in [-0.39, 0.29) is 5.91 Å². The van der Waals surface area contributed by atoms with Gasteiger partial charge in [0.2, 0.25) is 5.95 Å². The summed E-state index contributed by atoms with van der Waals surface area (Å²) in [6, 6.07) is 12.7. The number of amides is 1. The number of nitrogens with zero attached hydrogens (tertiary/aromatic N) is 5. The molecule has 176 valence electrons. The predicted octanol–water partition coefficient (Wildman–Crippen LogP) is 5.72. The van der Waals surface area contributed by atoms with E-state index in [0.717, 1.165) is 22.6 Å². The smallest absolute Gasteiger partial charge is 0.274 e. The maximum atomic E-state index is 13.4. The van der Waals surface area contributed by atoms with Crippen molar-refractivity contribution < 1.29 is 9.18 Å². The van der Waals surface area contributed by atoms with Crippen LogP contribution in [0, 0.1) is 5.95 Å². The van der Waals surface area contributed by atoms with Gasteiger partial charge in [-0.1, -0.05) is 19.9 Å². The number of nitrogens with one attached hydrogen (secondary N) is 1. The van der Waals surface area contributed by atoms with Crippen LogP contribution in [0.2, 0.25) is 0 Å². The number of anilines is 1. The molecule has 0 spiro atoms. The molecule has 0 aliphatic carbocycles. The molecular weight excluding hydrogens is 463 g/mol. The summed E-state index contributed by atoms with van der Waals surface area (Å²) in [5.41, 5.74) is 4.85. The number of carbonyl (C=O) groups excluding carboxylic acids is 1. The average molecular weight is 487 g/mol. The van der Waals surface area contributed by atoms with Crippen molar-refractivity contribution in [1.29, 1.82) is 0 Å². The number of hydrogen-bond donors (Lipinski definition) is 1. The summed E-state index contributed by atoms with van der Waals surface area (Å²) in [7, 11) is 0. The van der Waals surface area contributed by atoms with Gasteiger partial charge in [0.25, 0.3) is 5.91 Å². The molecule has 0 unspecified atom stereocenters. The van der Waals surface area contributed by atoms with Crippen LogP contribution in [0.4, 0.5) is 9.52 Å². The summed E-state index contributed by atoms with van der Waals surface area (Å²) in [6.07, 6.45) is 9.00. The van der Waals surface area contributed by atoms with E-state index in [4.69, 9.17) is 0 Å². The lowest BCUT2D eigenvalue weighted by atomic mass is 10.1. The van der Waals surface area contributed by atoms with Gasteiger partial charge in [0, 0.05) is 36.2 Å². The van der Waals surface area contributed by atoms with Gasteiger partial charge in [0.15, 0.2) is 5.13 Å². The van der Waals surface area contributed by atoms with E-state index in [2.05, 4.69) is 44.6 Å². The minimum atomic E-state index is -0.548. The van der Waals surface area contributed by atoms with Crippen molar-refractivity contribution in [2.75, 3.05) is 5.32 Å². The first-order valence-electron chi connectivity index (χ1n) is 11.1. The molecule has 0 fully saturated rings. The lowest BCUT2D eigenvalue weighted by Crippen LogP contribution is -2.17. The molecule has 7 nitrogen and oxygen atoms in total. The molecule has 5 heterocycles. The number of thiazole rings is 1. The number of aromatic nitrogens is 5. The molecule has 0 saturated carbocycles. The molecule has 0 bridgehead atoms. The molecule has 9 heteroatoms. The van der Waals surface area contributed by atoms with E-state index >= 15 is 0 Å². The minimum Gasteiger partial charge on any atom is -0.339 e. The Hall–Kier alpha value is -4.11. The van der Waals surface area contributed by atoms with Crippen LogP contribution in [0.15, 0.2) is 66.4 Å². The number of fused-ring (bicyclic) bond motifs is 1. The molecule has 1 amide bonds. The average Bonchev–Trinajstić information content (AvgIpc) is 3.56. The monoisotopic (exact) mass is 486 g/mol. The van der Waals surface area contributed by atoms with Crippen LogP contribution in [-0.2, 0) is 6.54 Å². The van der Waals surface area contributed by atoms with Crippen LogP contribution in [0.1, 0.15) is 52.9 Å². The van der Waals surface area contributed by atoms with Gasteiger partial charge in [0.05, 0.1) is 11.4 Å². The van der Waals surface area contributed by atoms with E-state index in [0.29, 0.717) is 23.3 Å². The molecule has 1 N–H and O–H groups in total.